The third-order valence-corrected chi connectivity index (χ3v) is 3.64. The first-order valence-electron chi connectivity index (χ1n) is 8.72. The highest BCUT2D eigenvalue weighted by molar-refractivity contribution is 4.91. The van der Waals surface area contributed by atoms with Gasteiger partial charge in [-0.3, -0.25) is 4.90 Å². The van der Waals surface area contributed by atoms with Gasteiger partial charge in [0, 0.05) is 19.1 Å². The second kappa shape index (κ2) is 15.1. The zero-order valence-electron chi connectivity index (χ0n) is 14.9. The van der Waals surface area contributed by atoms with Gasteiger partial charge >= 0.3 is 0 Å². The van der Waals surface area contributed by atoms with Crippen LogP contribution in [0.1, 0.15) is 73.6 Å². The summed E-state index contributed by atoms with van der Waals surface area (Å²) in [4.78, 5) is 2.51. The van der Waals surface area contributed by atoms with Crippen molar-refractivity contribution < 1.29 is 5.11 Å². The van der Waals surface area contributed by atoms with Gasteiger partial charge in [-0.1, -0.05) is 53.5 Å². The predicted molar refractivity (Wildman–Crippen MR) is 92.2 cm³/mol. The van der Waals surface area contributed by atoms with Crippen molar-refractivity contribution in [2.24, 2.45) is 5.92 Å². The second-order valence-corrected chi connectivity index (χ2v) is 5.04. The number of aliphatic hydroxyl groups is 1. The summed E-state index contributed by atoms with van der Waals surface area (Å²) in [6.07, 6.45) is 7.86. The molecule has 2 heteroatoms. The molecule has 1 saturated heterocycles. The number of rotatable bonds is 3. The summed E-state index contributed by atoms with van der Waals surface area (Å²) in [6, 6.07) is 0.842. The van der Waals surface area contributed by atoms with Crippen LogP contribution < -0.4 is 0 Å². The molecular weight excluding hydrogens is 246 g/mol. The molecule has 1 heterocycles. The summed E-state index contributed by atoms with van der Waals surface area (Å²) >= 11 is 0. The summed E-state index contributed by atoms with van der Waals surface area (Å²) in [7, 11) is 0. The van der Waals surface area contributed by atoms with Crippen LogP contribution in [0.5, 0.6) is 0 Å². The van der Waals surface area contributed by atoms with Gasteiger partial charge in [0.2, 0.25) is 0 Å². The quantitative estimate of drug-likeness (QED) is 0.590. The highest BCUT2D eigenvalue weighted by atomic mass is 16.3. The Morgan fingerprint density at radius 3 is 2.05 bits per heavy atom. The lowest BCUT2D eigenvalue weighted by Crippen LogP contribution is -2.30. The molecule has 2 nitrogen and oxygen atoms in total. The molecule has 4 atom stereocenters. The summed E-state index contributed by atoms with van der Waals surface area (Å²) in [5, 5.41) is 9.78. The molecule has 20 heavy (non-hydrogen) atoms. The van der Waals surface area contributed by atoms with Crippen LogP contribution in [0.3, 0.4) is 0 Å². The Labute approximate surface area is 128 Å². The van der Waals surface area contributed by atoms with E-state index in [-0.39, 0.29) is 6.10 Å². The van der Waals surface area contributed by atoms with E-state index in [1.165, 1.54) is 32.2 Å². The van der Waals surface area contributed by atoms with Gasteiger partial charge in [-0.2, -0.15) is 0 Å². The molecule has 2 fully saturated rings. The Morgan fingerprint density at radius 2 is 1.65 bits per heavy atom. The summed E-state index contributed by atoms with van der Waals surface area (Å²) in [5.74, 6) is 0.574. The minimum absolute atomic E-state index is 0.00754. The van der Waals surface area contributed by atoms with Crippen molar-refractivity contribution in [3.05, 3.63) is 12.7 Å². The van der Waals surface area contributed by atoms with E-state index in [4.69, 9.17) is 0 Å². The van der Waals surface area contributed by atoms with E-state index in [0.717, 1.165) is 19.0 Å². The Hall–Kier alpha value is -0.340. The van der Waals surface area contributed by atoms with Crippen LogP contribution in [0, 0.1) is 5.92 Å². The Balaban J connectivity index is 0. The van der Waals surface area contributed by atoms with Crippen molar-refractivity contribution in [1.82, 2.24) is 4.90 Å². The van der Waals surface area contributed by atoms with Gasteiger partial charge in [-0.15, -0.1) is 6.58 Å². The molecule has 0 bridgehead atoms. The van der Waals surface area contributed by atoms with Crippen molar-refractivity contribution in [2.75, 3.05) is 13.1 Å². The smallest absolute Gasteiger partial charge is 0.0580 e. The van der Waals surface area contributed by atoms with E-state index in [9.17, 15) is 5.11 Å². The van der Waals surface area contributed by atoms with Crippen LogP contribution in [0.25, 0.3) is 0 Å². The molecular formula is C18H39NO. The van der Waals surface area contributed by atoms with Gasteiger partial charge < -0.3 is 5.11 Å². The second-order valence-electron chi connectivity index (χ2n) is 5.04. The lowest BCUT2D eigenvalue weighted by Gasteiger charge is -2.27. The normalized spacial score (nSPS) is 30.4. The molecule has 1 saturated carbocycles. The van der Waals surface area contributed by atoms with Gasteiger partial charge in [0.25, 0.3) is 0 Å². The molecule has 0 aromatic rings. The monoisotopic (exact) mass is 285 g/mol. The number of aliphatic hydroxyl groups excluding tert-OH is 1. The minimum Gasteiger partial charge on any atom is -0.393 e. The maximum atomic E-state index is 9.78. The Bertz CT molecular complexity index is 206. The largest absolute Gasteiger partial charge is 0.393 e. The maximum Gasteiger partial charge on any atom is 0.0580 e. The molecule has 1 N–H and O–H groups in total. The van der Waals surface area contributed by atoms with Crippen LogP contribution >= 0.6 is 0 Å². The Morgan fingerprint density at radius 1 is 1.15 bits per heavy atom. The van der Waals surface area contributed by atoms with Crippen LogP contribution in [0.4, 0.5) is 0 Å². The topological polar surface area (TPSA) is 23.2 Å². The molecule has 122 valence electrons. The molecule has 4 unspecified atom stereocenters. The third kappa shape index (κ3) is 9.55. The van der Waals surface area contributed by atoms with E-state index in [1.54, 1.807) is 6.08 Å². The highest BCUT2D eigenvalue weighted by Gasteiger charge is 2.35. The summed E-state index contributed by atoms with van der Waals surface area (Å²) < 4.78 is 0. The minimum atomic E-state index is -0.00754. The van der Waals surface area contributed by atoms with Crippen molar-refractivity contribution in [2.45, 2.75) is 85.8 Å². The molecule has 0 aromatic heterocycles. The molecule has 1 aliphatic carbocycles. The van der Waals surface area contributed by atoms with E-state index >= 15 is 0 Å². The van der Waals surface area contributed by atoms with Gasteiger partial charge in [-0.25, -0.2) is 0 Å². The zero-order chi connectivity index (χ0) is 16.0. The fourth-order valence-electron chi connectivity index (χ4n) is 2.54. The first-order chi connectivity index (χ1) is 9.72. The molecule has 2 aliphatic rings. The standard InChI is InChI=1S/C11H21NO.C3H6.2C2H6/c1-2-10-8-12(10)7-9-5-3-4-6-11(9)13;1-3-2;2*1-2/h9-11,13H,2-8H2,1H3;3H,1H2,2H3;2*1-2H3. The molecule has 2 rings (SSSR count). The van der Waals surface area contributed by atoms with Crippen LogP contribution in [-0.2, 0) is 0 Å². The third-order valence-electron chi connectivity index (χ3n) is 3.64. The summed E-state index contributed by atoms with van der Waals surface area (Å²) in [6.45, 7) is 17.9. The number of hydrogen-bond acceptors (Lipinski definition) is 2. The summed E-state index contributed by atoms with van der Waals surface area (Å²) in [5.41, 5.74) is 0. The zero-order valence-corrected chi connectivity index (χ0v) is 14.9. The van der Waals surface area contributed by atoms with E-state index in [0.29, 0.717) is 5.92 Å². The SMILES string of the molecule is C=CC.CC.CC.CCC1CN1CC1CCCCC1O. The molecule has 0 spiro atoms. The van der Waals surface area contributed by atoms with Crippen molar-refractivity contribution in [3.63, 3.8) is 0 Å². The molecule has 0 amide bonds. The van der Waals surface area contributed by atoms with Gasteiger partial charge in [0.05, 0.1) is 6.10 Å². The van der Waals surface area contributed by atoms with Crippen LogP contribution in [0.15, 0.2) is 12.7 Å². The van der Waals surface area contributed by atoms with Crippen molar-refractivity contribution in [3.8, 4) is 0 Å². The van der Waals surface area contributed by atoms with Crippen LogP contribution in [0.2, 0.25) is 0 Å². The average Bonchev–Trinajstić information content (AvgIpc) is 3.25. The lowest BCUT2D eigenvalue weighted by molar-refractivity contribution is 0.0610. The van der Waals surface area contributed by atoms with Gasteiger partial charge in [0.15, 0.2) is 0 Å². The van der Waals surface area contributed by atoms with Gasteiger partial charge in [0.1, 0.15) is 0 Å². The fraction of sp³-hybridized carbons (Fsp3) is 0.889. The van der Waals surface area contributed by atoms with Gasteiger partial charge in [-0.05, 0) is 32.1 Å². The average molecular weight is 286 g/mol. The number of nitrogens with zero attached hydrogens (tertiary/aromatic N) is 1. The first kappa shape index (κ1) is 21.9. The van der Waals surface area contributed by atoms with Crippen molar-refractivity contribution in [1.29, 1.82) is 0 Å². The molecule has 0 radical (unpaired) electrons. The van der Waals surface area contributed by atoms with Crippen molar-refractivity contribution >= 4 is 0 Å². The highest BCUT2D eigenvalue weighted by Crippen LogP contribution is 2.29. The van der Waals surface area contributed by atoms with E-state index < -0.39 is 0 Å². The number of hydrogen-bond donors (Lipinski definition) is 1. The maximum absolute atomic E-state index is 9.78. The van der Waals surface area contributed by atoms with Crippen LogP contribution in [-0.4, -0.2) is 35.2 Å². The lowest BCUT2D eigenvalue weighted by atomic mass is 9.86. The fourth-order valence-corrected chi connectivity index (χ4v) is 2.54. The Kier molecular flexibility index (Phi) is 16.5. The molecule has 0 aromatic carbocycles. The number of allylic oxidation sites excluding steroid dienone is 1. The van der Waals surface area contributed by atoms with E-state index in [1.807, 2.05) is 34.6 Å². The first-order valence-corrected chi connectivity index (χ1v) is 8.72. The molecule has 1 aliphatic heterocycles. The van der Waals surface area contributed by atoms with E-state index in [2.05, 4.69) is 18.4 Å². The predicted octanol–water partition coefficient (Wildman–Crippen LogP) is 4.88.